The molecule has 1 saturated heterocycles. The fourth-order valence-electron chi connectivity index (χ4n) is 2.35. The lowest BCUT2D eigenvalue weighted by molar-refractivity contribution is -0.145. The number of halogens is 2. The average molecular weight is 362 g/mol. The van der Waals surface area contributed by atoms with E-state index < -0.39 is 5.97 Å². The number of aliphatic carboxylic acids is 1. The third-order valence-electron chi connectivity index (χ3n) is 3.70. The standard InChI is InChI=1S/C15H17Cl2NO3S/c16-12-2-1-11(13(17)7-12)8-22-9-14(19)18-5-3-10(4-6-18)15(20)21/h1-2,7,10H,3-6,8-9H2,(H,20,21). The van der Waals surface area contributed by atoms with Crippen LogP contribution in [0.5, 0.6) is 0 Å². The van der Waals surface area contributed by atoms with E-state index in [0.29, 0.717) is 47.5 Å². The third-order valence-corrected chi connectivity index (χ3v) is 5.25. The Labute approximate surface area is 143 Å². The highest BCUT2D eigenvalue weighted by molar-refractivity contribution is 7.99. The lowest BCUT2D eigenvalue weighted by Crippen LogP contribution is -2.41. The number of carboxylic acid groups (broad SMARTS) is 1. The van der Waals surface area contributed by atoms with Crippen molar-refractivity contribution >= 4 is 46.8 Å². The molecular weight excluding hydrogens is 345 g/mol. The summed E-state index contributed by atoms with van der Waals surface area (Å²) in [5, 5.41) is 10.1. The molecule has 22 heavy (non-hydrogen) atoms. The Morgan fingerprint density at radius 2 is 1.95 bits per heavy atom. The summed E-state index contributed by atoms with van der Waals surface area (Å²) in [6.45, 7) is 1.05. The van der Waals surface area contributed by atoms with Gasteiger partial charge in [-0.2, -0.15) is 0 Å². The molecule has 1 heterocycles. The maximum absolute atomic E-state index is 12.1. The average Bonchev–Trinajstić information content (AvgIpc) is 2.49. The lowest BCUT2D eigenvalue weighted by atomic mass is 9.97. The van der Waals surface area contributed by atoms with Gasteiger partial charge in [-0.1, -0.05) is 29.3 Å². The molecule has 0 unspecified atom stereocenters. The van der Waals surface area contributed by atoms with Gasteiger partial charge >= 0.3 is 5.97 Å². The van der Waals surface area contributed by atoms with E-state index in [4.69, 9.17) is 28.3 Å². The molecule has 0 aliphatic carbocycles. The van der Waals surface area contributed by atoms with Gasteiger partial charge in [0.15, 0.2) is 0 Å². The van der Waals surface area contributed by atoms with Crippen molar-refractivity contribution < 1.29 is 14.7 Å². The van der Waals surface area contributed by atoms with Crippen LogP contribution in [-0.2, 0) is 15.3 Å². The van der Waals surface area contributed by atoms with Gasteiger partial charge in [-0.15, -0.1) is 11.8 Å². The molecule has 1 fully saturated rings. The van der Waals surface area contributed by atoms with E-state index in [1.807, 2.05) is 6.07 Å². The highest BCUT2D eigenvalue weighted by Crippen LogP contribution is 2.25. The van der Waals surface area contributed by atoms with Gasteiger partial charge in [-0.3, -0.25) is 9.59 Å². The molecule has 1 aromatic rings. The van der Waals surface area contributed by atoms with Gasteiger partial charge in [0.1, 0.15) is 0 Å². The van der Waals surface area contributed by atoms with E-state index in [1.165, 1.54) is 11.8 Å². The number of carbonyl (C=O) groups is 2. The predicted molar refractivity (Wildman–Crippen MR) is 89.6 cm³/mol. The molecule has 1 amide bonds. The zero-order valence-corrected chi connectivity index (χ0v) is 14.3. The Hall–Kier alpha value is -0.910. The summed E-state index contributed by atoms with van der Waals surface area (Å²) in [6.07, 6.45) is 1.07. The van der Waals surface area contributed by atoms with Crippen molar-refractivity contribution in [2.45, 2.75) is 18.6 Å². The summed E-state index contributed by atoms with van der Waals surface area (Å²) in [6, 6.07) is 5.33. The quantitative estimate of drug-likeness (QED) is 0.870. The molecule has 7 heteroatoms. The summed E-state index contributed by atoms with van der Waals surface area (Å²) < 4.78 is 0. The van der Waals surface area contributed by atoms with E-state index in [9.17, 15) is 9.59 Å². The number of hydrogen-bond acceptors (Lipinski definition) is 3. The van der Waals surface area contributed by atoms with Crippen LogP contribution in [-0.4, -0.2) is 40.7 Å². The van der Waals surface area contributed by atoms with Crippen LogP contribution in [0.15, 0.2) is 18.2 Å². The topological polar surface area (TPSA) is 57.6 Å². The first kappa shape index (κ1) is 17.4. The molecule has 0 atom stereocenters. The minimum Gasteiger partial charge on any atom is -0.481 e. The van der Waals surface area contributed by atoms with Gasteiger partial charge in [0.2, 0.25) is 5.91 Å². The number of thioether (sulfide) groups is 1. The number of nitrogens with zero attached hydrogens (tertiary/aromatic N) is 1. The maximum atomic E-state index is 12.1. The second-order valence-electron chi connectivity index (χ2n) is 5.22. The number of carbonyl (C=O) groups excluding carboxylic acids is 1. The molecule has 1 aliphatic heterocycles. The highest BCUT2D eigenvalue weighted by atomic mass is 35.5. The monoisotopic (exact) mass is 361 g/mol. The van der Waals surface area contributed by atoms with Crippen LogP contribution in [0.2, 0.25) is 10.0 Å². The van der Waals surface area contributed by atoms with Crippen molar-refractivity contribution in [3.63, 3.8) is 0 Å². The summed E-state index contributed by atoms with van der Waals surface area (Å²) in [4.78, 5) is 24.7. The van der Waals surface area contributed by atoms with E-state index in [-0.39, 0.29) is 11.8 Å². The number of hydrogen-bond donors (Lipinski definition) is 1. The molecule has 0 spiro atoms. The van der Waals surface area contributed by atoms with Gasteiger partial charge in [-0.05, 0) is 30.5 Å². The molecule has 2 rings (SSSR count). The fraction of sp³-hybridized carbons (Fsp3) is 0.467. The van der Waals surface area contributed by atoms with Crippen molar-refractivity contribution in [2.24, 2.45) is 5.92 Å². The second-order valence-corrected chi connectivity index (χ2v) is 7.05. The Bertz CT molecular complexity index is 560. The van der Waals surface area contributed by atoms with Crippen molar-refractivity contribution in [1.82, 2.24) is 4.90 Å². The number of likely N-dealkylation sites (tertiary alicyclic amines) is 1. The van der Waals surface area contributed by atoms with Crippen molar-refractivity contribution in [2.75, 3.05) is 18.8 Å². The third kappa shape index (κ3) is 4.80. The largest absolute Gasteiger partial charge is 0.481 e. The van der Waals surface area contributed by atoms with E-state index in [2.05, 4.69) is 0 Å². The molecule has 0 radical (unpaired) electrons. The predicted octanol–water partition coefficient (Wildman–Crippen LogP) is 3.55. The Kier molecular flexibility index (Phi) is 6.41. The smallest absolute Gasteiger partial charge is 0.306 e. The van der Waals surface area contributed by atoms with Crippen molar-refractivity contribution in [1.29, 1.82) is 0 Å². The minimum absolute atomic E-state index is 0.0546. The Morgan fingerprint density at radius 3 is 2.55 bits per heavy atom. The van der Waals surface area contributed by atoms with Crippen LogP contribution in [0.25, 0.3) is 0 Å². The molecule has 120 valence electrons. The molecule has 1 N–H and O–H groups in total. The van der Waals surface area contributed by atoms with Crippen LogP contribution >= 0.6 is 35.0 Å². The summed E-state index contributed by atoms with van der Waals surface area (Å²) >= 11 is 13.4. The van der Waals surface area contributed by atoms with E-state index in [1.54, 1.807) is 17.0 Å². The van der Waals surface area contributed by atoms with Crippen LogP contribution in [0.4, 0.5) is 0 Å². The number of piperidine rings is 1. The first-order valence-corrected chi connectivity index (χ1v) is 8.90. The van der Waals surface area contributed by atoms with Gasteiger partial charge in [-0.25, -0.2) is 0 Å². The number of rotatable bonds is 5. The molecule has 4 nitrogen and oxygen atoms in total. The fourth-order valence-corrected chi connectivity index (χ4v) is 3.84. The van der Waals surface area contributed by atoms with Gasteiger partial charge in [0.05, 0.1) is 11.7 Å². The number of amides is 1. The minimum atomic E-state index is -0.765. The maximum Gasteiger partial charge on any atom is 0.306 e. The van der Waals surface area contributed by atoms with E-state index in [0.717, 1.165) is 5.56 Å². The zero-order chi connectivity index (χ0) is 16.1. The number of benzene rings is 1. The van der Waals surface area contributed by atoms with Crippen LogP contribution in [0.1, 0.15) is 18.4 Å². The molecule has 1 aromatic carbocycles. The normalized spacial score (nSPS) is 15.8. The lowest BCUT2D eigenvalue weighted by Gasteiger charge is -2.30. The SMILES string of the molecule is O=C(O)C1CCN(C(=O)CSCc2ccc(Cl)cc2Cl)CC1. The first-order chi connectivity index (χ1) is 10.5. The van der Waals surface area contributed by atoms with Gasteiger partial charge in [0.25, 0.3) is 0 Å². The van der Waals surface area contributed by atoms with Gasteiger partial charge in [0, 0.05) is 28.9 Å². The highest BCUT2D eigenvalue weighted by Gasteiger charge is 2.26. The zero-order valence-electron chi connectivity index (χ0n) is 11.9. The molecular formula is C15H17Cl2NO3S. The van der Waals surface area contributed by atoms with E-state index >= 15 is 0 Å². The number of carboxylic acids is 1. The van der Waals surface area contributed by atoms with Crippen LogP contribution in [0.3, 0.4) is 0 Å². The Balaban J connectivity index is 1.75. The summed E-state index contributed by atoms with van der Waals surface area (Å²) in [7, 11) is 0. The first-order valence-electron chi connectivity index (χ1n) is 6.99. The summed E-state index contributed by atoms with van der Waals surface area (Å²) in [5.41, 5.74) is 0.952. The van der Waals surface area contributed by atoms with Crippen molar-refractivity contribution in [3.05, 3.63) is 33.8 Å². The molecule has 0 bridgehead atoms. The van der Waals surface area contributed by atoms with Crippen molar-refractivity contribution in [3.8, 4) is 0 Å². The second kappa shape index (κ2) is 8.09. The molecule has 1 aliphatic rings. The summed E-state index contributed by atoms with van der Waals surface area (Å²) in [5.74, 6) is -0.00771. The molecule has 0 aromatic heterocycles. The van der Waals surface area contributed by atoms with Gasteiger partial charge < -0.3 is 10.0 Å². The van der Waals surface area contributed by atoms with Crippen LogP contribution in [0, 0.1) is 5.92 Å². The molecule has 0 saturated carbocycles. The van der Waals surface area contributed by atoms with Crippen LogP contribution < -0.4 is 0 Å². The Morgan fingerprint density at radius 1 is 1.27 bits per heavy atom.